The summed E-state index contributed by atoms with van der Waals surface area (Å²) in [7, 11) is 0. The molecule has 0 aromatic carbocycles. The normalized spacial score (nSPS) is 28.6. The SMILES string of the molecule is CCCNCC1(OCCC(F)(F)F)CCC(C)CC1. The van der Waals surface area contributed by atoms with Gasteiger partial charge in [0.05, 0.1) is 18.6 Å². The molecule has 0 amide bonds. The number of ether oxygens (including phenoxy) is 1. The van der Waals surface area contributed by atoms with Crippen molar-refractivity contribution >= 4 is 0 Å². The smallest absolute Gasteiger partial charge is 0.373 e. The van der Waals surface area contributed by atoms with Gasteiger partial charge in [0.25, 0.3) is 0 Å². The number of hydrogen-bond donors (Lipinski definition) is 1. The van der Waals surface area contributed by atoms with E-state index in [2.05, 4.69) is 19.2 Å². The average Bonchev–Trinajstić information content (AvgIpc) is 2.32. The highest BCUT2D eigenvalue weighted by Gasteiger charge is 2.36. The van der Waals surface area contributed by atoms with Crippen LogP contribution >= 0.6 is 0 Å². The van der Waals surface area contributed by atoms with Crippen molar-refractivity contribution in [2.75, 3.05) is 19.7 Å². The van der Waals surface area contributed by atoms with Crippen LogP contribution in [-0.2, 0) is 4.74 Å². The molecule has 1 rings (SSSR count). The molecule has 19 heavy (non-hydrogen) atoms. The van der Waals surface area contributed by atoms with Crippen LogP contribution in [0.3, 0.4) is 0 Å². The van der Waals surface area contributed by atoms with Gasteiger partial charge in [0.2, 0.25) is 0 Å². The third-order valence-corrected chi connectivity index (χ3v) is 3.85. The highest BCUT2D eigenvalue weighted by atomic mass is 19.4. The van der Waals surface area contributed by atoms with E-state index in [0.717, 1.165) is 38.6 Å². The lowest BCUT2D eigenvalue weighted by Crippen LogP contribution is -2.46. The molecule has 1 fully saturated rings. The molecule has 0 radical (unpaired) electrons. The van der Waals surface area contributed by atoms with E-state index in [1.54, 1.807) is 0 Å². The minimum atomic E-state index is -4.13. The van der Waals surface area contributed by atoms with Crippen molar-refractivity contribution in [2.45, 2.75) is 64.1 Å². The predicted molar refractivity (Wildman–Crippen MR) is 70.1 cm³/mol. The van der Waals surface area contributed by atoms with Gasteiger partial charge in [0.1, 0.15) is 0 Å². The van der Waals surface area contributed by atoms with E-state index in [9.17, 15) is 13.2 Å². The van der Waals surface area contributed by atoms with Gasteiger partial charge in [-0.2, -0.15) is 13.2 Å². The van der Waals surface area contributed by atoms with E-state index in [1.807, 2.05) is 0 Å². The van der Waals surface area contributed by atoms with Crippen LogP contribution in [0.25, 0.3) is 0 Å². The Bertz CT molecular complexity index is 248. The molecule has 0 aromatic rings. The molecule has 0 heterocycles. The van der Waals surface area contributed by atoms with Gasteiger partial charge in [-0.15, -0.1) is 0 Å². The maximum atomic E-state index is 12.2. The van der Waals surface area contributed by atoms with Gasteiger partial charge in [-0.3, -0.25) is 0 Å². The fraction of sp³-hybridized carbons (Fsp3) is 1.00. The van der Waals surface area contributed by atoms with E-state index in [-0.39, 0.29) is 12.2 Å². The first-order valence-electron chi connectivity index (χ1n) is 7.28. The van der Waals surface area contributed by atoms with Crippen LogP contribution < -0.4 is 5.32 Å². The number of nitrogens with one attached hydrogen (secondary N) is 1. The van der Waals surface area contributed by atoms with Crippen molar-refractivity contribution in [1.82, 2.24) is 5.32 Å². The molecule has 0 bridgehead atoms. The lowest BCUT2D eigenvalue weighted by Gasteiger charge is -2.39. The zero-order valence-electron chi connectivity index (χ0n) is 12.0. The van der Waals surface area contributed by atoms with Crippen molar-refractivity contribution in [3.8, 4) is 0 Å². The standard InChI is InChI=1S/C14H26F3NO/c1-3-9-18-11-13(6-4-12(2)5-7-13)19-10-8-14(15,16)17/h12,18H,3-11H2,1-2H3. The molecule has 1 aliphatic rings. The fourth-order valence-corrected chi connectivity index (χ4v) is 2.54. The summed E-state index contributed by atoms with van der Waals surface area (Å²) in [5.74, 6) is 0.658. The number of halogens is 3. The predicted octanol–water partition coefficient (Wildman–Crippen LogP) is 3.90. The molecular formula is C14H26F3NO. The highest BCUT2D eigenvalue weighted by Crippen LogP contribution is 2.35. The van der Waals surface area contributed by atoms with E-state index < -0.39 is 12.6 Å². The molecule has 5 heteroatoms. The molecule has 0 unspecified atom stereocenters. The lowest BCUT2D eigenvalue weighted by molar-refractivity contribution is -0.163. The highest BCUT2D eigenvalue weighted by molar-refractivity contribution is 4.88. The van der Waals surface area contributed by atoms with Crippen LogP contribution in [0.1, 0.15) is 52.4 Å². The quantitative estimate of drug-likeness (QED) is 0.714. The third-order valence-electron chi connectivity index (χ3n) is 3.85. The van der Waals surface area contributed by atoms with Crippen LogP contribution in [0.2, 0.25) is 0 Å². The Morgan fingerprint density at radius 2 is 1.89 bits per heavy atom. The first kappa shape index (κ1) is 16.8. The van der Waals surface area contributed by atoms with Gasteiger partial charge in [0, 0.05) is 6.54 Å². The molecule has 1 N–H and O–H groups in total. The van der Waals surface area contributed by atoms with E-state index in [0.29, 0.717) is 12.5 Å². The fourth-order valence-electron chi connectivity index (χ4n) is 2.54. The monoisotopic (exact) mass is 281 g/mol. The summed E-state index contributed by atoms with van der Waals surface area (Å²) in [6.45, 7) is 5.61. The van der Waals surface area contributed by atoms with E-state index in [4.69, 9.17) is 4.74 Å². The Morgan fingerprint density at radius 1 is 1.26 bits per heavy atom. The van der Waals surface area contributed by atoms with Gasteiger partial charge < -0.3 is 10.1 Å². The van der Waals surface area contributed by atoms with Crippen molar-refractivity contribution < 1.29 is 17.9 Å². The maximum Gasteiger partial charge on any atom is 0.391 e. The Morgan fingerprint density at radius 3 is 2.42 bits per heavy atom. The summed E-state index contributed by atoms with van der Waals surface area (Å²) in [4.78, 5) is 0. The molecule has 0 aliphatic heterocycles. The van der Waals surface area contributed by atoms with Gasteiger partial charge in [-0.1, -0.05) is 13.8 Å². The Hall–Kier alpha value is -0.290. The minimum absolute atomic E-state index is 0.217. The van der Waals surface area contributed by atoms with Gasteiger partial charge in [0.15, 0.2) is 0 Å². The Labute approximate surface area is 114 Å². The summed E-state index contributed by atoms with van der Waals surface area (Å²) < 4.78 is 42.3. The van der Waals surface area contributed by atoms with Crippen LogP contribution in [0.4, 0.5) is 13.2 Å². The third kappa shape index (κ3) is 6.61. The Balaban J connectivity index is 2.44. The van der Waals surface area contributed by atoms with Crippen molar-refractivity contribution in [3.63, 3.8) is 0 Å². The van der Waals surface area contributed by atoms with Gasteiger partial charge >= 0.3 is 6.18 Å². The second-order valence-corrected chi connectivity index (χ2v) is 5.76. The molecular weight excluding hydrogens is 255 g/mol. The lowest BCUT2D eigenvalue weighted by atomic mass is 9.79. The van der Waals surface area contributed by atoms with Crippen LogP contribution in [-0.4, -0.2) is 31.5 Å². The number of hydrogen-bond acceptors (Lipinski definition) is 2. The van der Waals surface area contributed by atoms with Crippen LogP contribution in [0.5, 0.6) is 0 Å². The van der Waals surface area contributed by atoms with Crippen molar-refractivity contribution in [3.05, 3.63) is 0 Å². The van der Waals surface area contributed by atoms with E-state index >= 15 is 0 Å². The molecule has 114 valence electrons. The van der Waals surface area contributed by atoms with E-state index in [1.165, 1.54) is 0 Å². The van der Waals surface area contributed by atoms with Gasteiger partial charge in [-0.25, -0.2) is 0 Å². The molecule has 1 aliphatic carbocycles. The van der Waals surface area contributed by atoms with Gasteiger partial charge in [-0.05, 0) is 44.6 Å². The molecule has 1 saturated carbocycles. The molecule has 2 nitrogen and oxygen atoms in total. The second-order valence-electron chi connectivity index (χ2n) is 5.76. The first-order valence-corrected chi connectivity index (χ1v) is 7.28. The summed E-state index contributed by atoms with van der Waals surface area (Å²) in [5.41, 5.74) is -0.382. The zero-order chi connectivity index (χ0) is 14.4. The molecule has 0 atom stereocenters. The topological polar surface area (TPSA) is 21.3 Å². The Kier molecular flexibility index (Phi) is 6.60. The maximum absolute atomic E-state index is 12.2. The summed E-state index contributed by atoms with van der Waals surface area (Å²) in [5, 5.41) is 3.30. The van der Waals surface area contributed by atoms with Crippen molar-refractivity contribution in [2.24, 2.45) is 5.92 Å². The number of rotatable bonds is 7. The second kappa shape index (κ2) is 7.48. The largest absolute Gasteiger partial charge is 0.391 e. The molecule has 0 spiro atoms. The molecule has 0 aromatic heterocycles. The minimum Gasteiger partial charge on any atom is -0.373 e. The van der Waals surface area contributed by atoms with Crippen LogP contribution in [0.15, 0.2) is 0 Å². The zero-order valence-corrected chi connectivity index (χ0v) is 12.0. The average molecular weight is 281 g/mol. The van der Waals surface area contributed by atoms with Crippen LogP contribution in [0, 0.1) is 5.92 Å². The molecule has 0 saturated heterocycles. The first-order chi connectivity index (χ1) is 8.87. The summed E-state index contributed by atoms with van der Waals surface area (Å²) in [6, 6.07) is 0. The summed E-state index contributed by atoms with van der Waals surface area (Å²) >= 11 is 0. The summed E-state index contributed by atoms with van der Waals surface area (Å²) in [6.07, 6.45) is -0.141. The number of alkyl halides is 3. The van der Waals surface area contributed by atoms with Crippen molar-refractivity contribution in [1.29, 1.82) is 0 Å².